The van der Waals surface area contributed by atoms with Gasteiger partial charge in [-0.2, -0.15) is 0 Å². The zero-order chi connectivity index (χ0) is 25.6. The Morgan fingerprint density at radius 3 is 2.27 bits per heavy atom. The normalized spacial score (nSPS) is 10.6. The van der Waals surface area contributed by atoms with Gasteiger partial charge >= 0.3 is 12.1 Å². The van der Waals surface area contributed by atoms with E-state index in [1.54, 1.807) is 12.1 Å². The van der Waals surface area contributed by atoms with Crippen LogP contribution in [0.25, 0.3) is 11.0 Å². The van der Waals surface area contributed by atoms with Gasteiger partial charge in [0.1, 0.15) is 11.5 Å². The maximum absolute atomic E-state index is 12.5. The molecule has 1 heterocycles. The monoisotopic (exact) mass is 511 g/mol. The van der Waals surface area contributed by atoms with Crippen molar-refractivity contribution in [2.75, 3.05) is 16.0 Å². The summed E-state index contributed by atoms with van der Waals surface area (Å²) in [5, 5.41) is 16.7. The van der Waals surface area contributed by atoms with Crippen molar-refractivity contribution in [2.24, 2.45) is 0 Å². The molecule has 5 N–H and O–H groups in total. The Morgan fingerprint density at radius 2 is 1.49 bits per heavy atom. The van der Waals surface area contributed by atoms with Gasteiger partial charge < -0.3 is 25.5 Å². The molecule has 0 aliphatic rings. The number of nitrogens with zero attached hydrogens (tertiary/aromatic N) is 1. The van der Waals surface area contributed by atoms with Crippen molar-refractivity contribution in [3.63, 3.8) is 0 Å². The van der Waals surface area contributed by atoms with Crippen LogP contribution in [0.5, 0.6) is 11.5 Å². The molecule has 0 aliphatic heterocycles. The summed E-state index contributed by atoms with van der Waals surface area (Å²) in [4.78, 5) is 32.4. The molecule has 1 aromatic heterocycles. The first kappa shape index (κ1) is 23.8. The molecule has 5 rings (SSSR count). The first-order chi connectivity index (χ1) is 18.0. The third-order valence-corrected chi connectivity index (χ3v) is 6.10. The lowest BCUT2D eigenvalue weighted by atomic mass is 10.3. The number of amides is 3. The van der Waals surface area contributed by atoms with Gasteiger partial charge in [0.2, 0.25) is 5.95 Å². The van der Waals surface area contributed by atoms with Gasteiger partial charge in [-0.25, -0.2) is 14.6 Å². The number of imidazole rings is 1. The van der Waals surface area contributed by atoms with Crippen LogP contribution < -0.4 is 20.7 Å². The van der Waals surface area contributed by atoms with Crippen molar-refractivity contribution in [3.8, 4) is 11.5 Å². The number of ether oxygens (including phenoxy) is 1. The number of nitrogens with one attached hydrogen (secondary N) is 4. The molecule has 0 unspecified atom stereocenters. The molecular formula is C27H21N5O4S. The van der Waals surface area contributed by atoms with E-state index in [1.807, 2.05) is 84.9 Å². The number of anilines is 3. The Kier molecular flexibility index (Phi) is 6.91. The number of aromatic nitrogens is 2. The molecule has 0 bridgehead atoms. The number of carboxylic acid groups (broad SMARTS) is 1. The lowest BCUT2D eigenvalue weighted by Gasteiger charge is -2.10. The van der Waals surface area contributed by atoms with Crippen molar-refractivity contribution in [2.45, 2.75) is 9.79 Å². The molecule has 0 saturated heterocycles. The molecule has 0 spiro atoms. The number of benzene rings is 4. The first-order valence-electron chi connectivity index (χ1n) is 11.2. The predicted octanol–water partition coefficient (Wildman–Crippen LogP) is 7.24. The topological polar surface area (TPSA) is 128 Å². The summed E-state index contributed by atoms with van der Waals surface area (Å²) < 4.78 is 5.81. The second kappa shape index (κ2) is 10.8. The van der Waals surface area contributed by atoms with Gasteiger partial charge in [-0.15, -0.1) is 0 Å². The molecular weight excluding hydrogens is 490 g/mol. The summed E-state index contributed by atoms with van der Waals surface area (Å²) >= 11 is 1.53. The number of hydrogen-bond donors (Lipinski definition) is 5. The molecule has 37 heavy (non-hydrogen) atoms. The Morgan fingerprint density at radius 1 is 0.757 bits per heavy atom. The Labute approximate surface area is 215 Å². The van der Waals surface area contributed by atoms with Crippen molar-refractivity contribution < 1.29 is 19.4 Å². The molecule has 0 fully saturated rings. The number of H-pyrrole nitrogens is 1. The maximum Gasteiger partial charge on any atom is 0.411 e. The second-order valence-electron chi connectivity index (χ2n) is 7.84. The first-order valence-corrected chi connectivity index (χ1v) is 12.0. The fraction of sp³-hybridized carbons (Fsp3) is 0. The average molecular weight is 512 g/mol. The van der Waals surface area contributed by atoms with E-state index in [4.69, 9.17) is 9.84 Å². The van der Waals surface area contributed by atoms with E-state index in [0.717, 1.165) is 15.3 Å². The molecule has 0 radical (unpaired) electrons. The summed E-state index contributed by atoms with van der Waals surface area (Å²) in [5.74, 6) is 1.51. The van der Waals surface area contributed by atoms with Crippen LogP contribution in [0.4, 0.5) is 26.9 Å². The van der Waals surface area contributed by atoms with Gasteiger partial charge in [0.25, 0.3) is 0 Å². The molecule has 184 valence electrons. The van der Waals surface area contributed by atoms with E-state index in [2.05, 4.69) is 25.9 Å². The third kappa shape index (κ3) is 6.38. The summed E-state index contributed by atoms with van der Waals surface area (Å²) in [5.41, 5.74) is 2.64. The van der Waals surface area contributed by atoms with Gasteiger partial charge in [0.15, 0.2) is 0 Å². The van der Waals surface area contributed by atoms with Crippen LogP contribution in [0.3, 0.4) is 0 Å². The van der Waals surface area contributed by atoms with Crippen LogP contribution in [0.1, 0.15) is 0 Å². The SMILES string of the molecule is O=C(O)Nc1nc2cc(Sc3ccc(NC(=O)Nc4cccc(Oc5ccccc5)c4)cc3)ccc2[nH]1. The molecule has 10 heteroatoms. The van der Waals surface area contributed by atoms with Crippen molar-refractivity contribution in [1.82, 2.24) is 9.97 Å². The molecule has 4 aromatic carbocycles. The number of urea groups is 1. The summed E-state index contributed by atoms with van der Waals surface area (Å²) in [6.07, 6.45) is -1.18. The molecule has 0 aliphatic carbocycles. The zero-order valence-electron chi connectivity index (χ0n) is 19.3. The number of rotatable bonds is 7. The van der Waals surface area contributed by atoms with Crippen LogP contribution in [0.15, 0.2) is 107 Å². The highest BCUT2D eigenvalue weighted by Crippen LogP contribution is 2.31. The number of fused-ring (bicyclic) bond motifs is 1. The maximum atomic E-state index is 12.5. The van der Waals surface area contributed by atoms with E-state index in [1.165, 1.54) is 11.8 Å². The minimum Gasteiger partial charge on any atom is -0.465 e. The zero-order valence-corrected chi connectivity index (χ0v) is 20.1. The minimum atomic E-state index is -1.18. The van der Waals surface area contributed by atoms with Crippen molar-refractivity contribution in [3.05, 3.63) is 97.1 Å². The fourth-order valence-electron chi connectivity index (χ4n) is 3.51. The minimum absolute atomic E-state index is 0.175. The Balaban J connectivity index is 1.17. The van der Waals surface area contributed by atoms with Gasteiger partial charge in [0, 0.05) is 27.2 Å². The lowest BCUT2D eigenvalue weighted by Crippen LogP contribution is -2.19. The van der Waals surface area contributed by atoms with Crippen LogP contribution >= 0.6 is 11.8 Å². The fourth-order valence-corrected chi connectivity index (χ4v) is 4.36. The van der Waals surface area contributed by atoms with Crippen molar-refractivity contribution >= 4 is 52.2 Å². The summed E-state index contributed by atoms with van der Waals surface area (Å²) in [6.45, 7) is 0. The quantitative estimate of drug-likeness (QED) is 0.157. The highest BCUT2D eigenvalue weighted by molar-refractivity contribution is 7.99. The highest BCUT2D eigenvalue weighted by atomic mass is 32.2. The van der Waals surface area contributed by atoms with E-state index in [-0.39, 0.29) is 12.0 Å². The Bertz CT molecular complexity index is 1550. The van der Waals surface area contributed by atoms with E-state index < -0.39 is 6.09 Å². The number of hydrogen-bond acceptors (Lipinski definition) is 5. The molecule has 0 saturated carbocycles. The molecule has 0 atom stereocenters. The molecule has 5 aromatic rings. The molecule has 3 amide bonds. The highest BCUT2D eigenvalue weighted by Gasteiger charge is 2.08. The van der Waals surface area contributed by atoms with Gasteiger partial charge in [-0.3, -0.25) is 5.32 Å². The van der Waals surface area contributed by atoms with E-state index >= 15 is 0 Å². The Hall–Kier alpha value is -4.96. The van der Waals surface area contributed by atoms with Gasteiger partial charge in [0.05, 0.1) is 11.0 Å². The summed E-state index contributed by atoms with van der Waals surface area (Å²) in [7, 11) is 0. The average Bonchev–Trinajstić information content (AvgIpc) is 3.27. The standard InChI is InChI=1S/C27H21N5O4S/c33-26(29-18-5-4-8-20(15-18)36-19-6-2-1-3-7-19)28-17-9-11-21(12-10-17)37-22-13-14-23-24(16-22)31-25(30-23)32-27(34)35/h1-16H,(H,34,35)(H2,28,29,33)(H2,30,31,32). The van der Waals surface area contributed by atoms with Crippen LogP contribution in [-0.4, -0.2) is 27.2 Å². The van der Waals surface area contributed by atoms with Gasteiger partial charge in [-0.1, -0.05) is 36.0 Å². The third-order valence-electron chi connectivity index (χ3n) is 5.10. The number of aromatic amines is 1. The van der Waals surface area contributed by atoms with Crippen LogP contribution in [0.2, 0.25) is 0 Å². The predicted molar refractivity (Wildman–Crippen MR) is 144 cm³/mol. The molecule has 9 nitrogen and oxygen atoms in total. The lowest BCUT2D eigenvalue weighted by molar-refractivity contribution is 0.209. The number of para-hydroxylation sites is 1. The summed E-state index contributed by atoms with van der Waals surface area (Å²) in [6, 6.07) is 29.3. The smallest absolute Gasteiger partial charge is 0.411 e. The van der Waals surface area contributed by atoms with Crippen LogP contribution in [-0.2, 0) is 0 Å². The number of carbonyl (C=O) groups excluding carboxylic acids is 1. The van der Waals surface area contributed by atoms with E-state index in [9.17, 15) is 9.59 Å². The van der Waals surface area contributed by atoms with Gasteiger partial charge in [-0.05, 0) is 66.7 Å². The largest absolute Gasteiger partial charge is 0.465 e. The van der Waals surface area contributed by atoms with Crippen molar-refractivity contribution in [1.29, 1.82) is 0 Å². The number of carbonyl (C=O) groups is 2. The van der Waals surface area contributed by atoms with Crippen LogP contribution in [0, 0.1) is 0 Å². The second-order valence-corrected chi connectivity index (χ2v) is 8.99. The van der Waals surface area contributed by atoms with E-state index in [0.29, 0.717) is 28.4 Å².